The van der Waals surface area contributed by atoms with E-state index in [1.807, 2.05) is 31.2 Å². The van der Waals surface area contributed by atoms with Gasteiger partial charge in [-0.3, -0.25) is 4.79 Å². The number of rotatable bonds is 5. The molecule has 136 valence electrons. The van der Waals surface area contributed by atoms with E-state index in [1.54, 1.807) is 7.11 Å². The van der Waals surface area contributed by atoms with Crippen LogP contribution in [0.25, 0.3) is 0 Å². The van der Waals surface area contributed by atoms with Crippen molar-refractivity contribution < 1.29 is 14.4 Å². The number of benzene rings is 2. The number of hydrogen-bond donors (Lipinski definition) is 1. The first-order valence-corrected chi connectivity index (χ1v) is 8.72. The Hall–Kier alpha value is -2.82. The second kappa shape index (κ2) is 7.60. The van der Waals surface area contributed by atoms with Gasteiger partial charge in [0.25, 0.3) is 5.91 Å². The maximum absolute atomic E-state index is 12.6. The number of oxime groups is 1. The molecule has 2 aromatic rings. The molecular formula is C21H24N2O3. The summed E-state index contributed by atoms with van der Waals surface area (Å²) in [5, 5.41) is 7.12. The molecule has 0 saturated heterocycles. The summed E-state index contributed by atoms with van der Waals surface area (Å²) in [6, 6.07) is 13.7. The number of aryl methyl sites for hydroxylation is 2. The van der Waals surface area contributed by atoms with Crippen LogP contribution in [0.3, 0.4) is 0 Å². The third kappa shape index (κ3) is 3.87. The number of hydrogen-bond acceptors (Lipinski definition) is 4. The minimum atomic E-state index is -0.597. The molecular weight excluding hydrogens is 328 g/mol. The topological polar surface area (TPSA) is 59.9 Å². The number of amides is 1. The highest BCUT2D eigenvalue weighted by atomic mass is 16.6. The van der Waals surface area contributed by atoms with Crippen LogP contribution in [-0.4, -0.2) is 24.8 Å². The second-order valence-electron chi connectivity index (χ2n) is 6.65. The van der Waals surface area contributed by atoms with Gasteiger partial charge >= 0.3 is 0 Å². The Kier molecular flexibility index (Phi) is 5.26. The molecule has 1 aliphatic heterocycles. The molecule has 0 aromatic heterocycles. The quantitative estimate of drug-likeness (QED) is 0.893. The van der Waals surface area contributed by atoms with Gasteiger partial charge in [-0.05, 0) is 61.7 Å². The minimum Gasteiger partial charge on any atom is -0.497 e. The lowest BCUT2D eigenvalue weighted by atomic mass is 9.99. The van der Waals surface area contributed by atoms with Crippen LogP contribution in [0, 0.1) is 13.8 Å². The van der Waals surface area contributed by atoms with E-state index in [2.05, 4.69) is 42.5 Å². The van der Waals surface area contributed by atoms with Crippen molar-refractivity contribution in [2.24, 2.45) is 5.16 Å². The Bertz CT molecular complexity index is 828. The van der Waals surface area contributed by atoms with Crippen molar-refractivity contribution in [3.05, 3.63) is 64.7 Å². The van der Waals surface area contributed by atoms with Crippen LogP contribution in [0.1, 0.15) is 41.6 Å². The van der Waals surface area contributed by atoms with E-state index in [9.17, 15) is 4.79 Å². The zero-order valence-electron chi connectivity index (χ0n) is 15.6. The summed E-state index contributed by atoms with van der Waals surface area (Å²) in [5.74, 6) is 0.634. The van der Waals surface area contributed by atoms with Crippen LogP contribution in [0.15, 0.2) is 47.6 Å². The Morgan fingerprint density at radius 3 is 2.62 bits per heavy atom. The highest BCUT2D eigenvalue weighted by Gasteiger charge is 2.30. The van der Waals surface area contributed by atoms with Crippen LogP contribution >= 0.6 is 0 Å². The predicted octanol–water partition coefficient (Wildman–Crippen LogP) is 3.68. The maximum Gasteiger partial charge on any atom is 0.264 e. The van der Waals surface area contributed by atoms with Gasteiger partial charge in [0.1, 0.15) is 5.75 Å². The van der Waals surface area contributed by atoms with Gasteiger partial charge in [-0.25, -0.2) is 0 Å². The van der Waals surface area contributed by atoms with Crippen molar-refractivity contribution >= 4 is 11.6 Å². The molecule has 1 amide bonds. The highest BCUT2D eigenvalue weighted by molar-refractivity contribution is 6.04. The van der Waals surface area contributed by atoms with Crippen molar-refractivity contribution in [3.8, 4) is 5.75 Å². The van der Waals surface area contributed by atoms with E-state index < -0.39 is 6.10 Å². The van der Waals surface area contributed by atoms with Crippen molar-refractivity contribution in [1.29, 1.82) is 0 Å². The van der Waals surface area contributed by atoms with E-state index in [-0.39, 0.29) is 11.9 Å². The average molecular weight is 352 g/mol. The van der Waals surface area contributed by atoms with Gasteiger partial charge in [-0.1, -0.05) is 28.9 Å². The average Bonchev–Trinajstić information content (AvgIpc) is 3.12. The first-order chi connectivity index (χ1) is 12.5. The van der Waals surface area contributed by atoms with Gasteiger partial charge in [0.2, 0.25) is 6.10 Å². The SMILES string of the molecule is COc1ccc(C2=NOC(C(=O)NC(C)c3ccc(C)cc3C)C2)cc1. The molecule has 26 heavy (non-hydrogen) atoms. The lowest BCUT2D eigenvalue weighted by Crippen LogP contribution is -2.36. The molecule has 2 unspecified atom stereocenters. The molecule has 5 nitrogen and oxygen atoms in total. The van der Waals surface area contributed by atoms with Gasteiger partial charge in [0, 0.05) is 6.42 Å². The third-order valence-corrected chi connectivity index (χ3v) is 4.64. The monoisotopic (exact) mass is 352 g/mol. The lowest BCUT2D eigenvalue weighted by molar-refractivity contribution is -0.131. The molecule has 0 fully saturated rings. The molecule has 1 N–H and O–H groups in total. The molecule has 2 atom stereocenters. The first kappa shape index (κ1) is 18.0. The summed E-state index contributed by atoms with van der Waals surface area (Å²) >= 11 is 0. The van der Waals surface area contributed by atoms with E-state index >= 15 is 0 Å². The van der Waals surface area contributed by atoms with Crippen molar-refractivity contribution in [3.63, 3.8) is 0 Å². The Labute approximate surface area is 154 Å². The summed E-state index contributed by atoms with van der Waals surface area (Å²) in [6.07, 6.45) is -0.141. The van der Waals surface area contributed by atoms with Gasteiger partial charge in [-0.15, -0.1) is 0 Å². The van der Waals surface area contributed by atoms with Crippen molar-refractivity contribution in [1.82, 2.24) is 5.32 Å². The standard InChI is InChI=1S/C21H24N2O3/c1-13-5-10-18(14(2)11-13)15(3)22-21(24)20-12-19(23-26-20)16-6-8-17(25-4)9-7-16/h5-11,15,20H,12H2,1-4H3,(H,22,24). The normalized spacial score (nSPS) is 17.2. The fourth-order valence-corrected chi connectivity index (χ4v) is 3.17. The van der Waals surface area contributed by atoms with Gasteiger partial charge in [-0.2, -0.15) is 0 Å². The van der Waals surface area contributed by atoms with Crippen LogP contribution in [-0.2, 0) is 9.63 Å². The summed E-state index contributed by atoms with van der Waals surface area (Å²) in [6.45, 7) is 6.10. The smallest absolute Gasteiger partial charge is 0.264 e. The zero-order valence-corrected chi connectivity index (χ0v) is 15.6. The molecule has 0 aliphatic carbocycles. The summed E-state index contributed by atoms with van der Waals surface area (Å²) in [5.41, 5.74) is 5.19. The molecule has 1 heterocycles. The van der Waals surface area contributed by atoms with Crippen molar-refractivity contribution in [2.75, 3.05) is 7.11 Å². The zero-order chi connectivity index (χ0) is 18.7. The van der Waals surface area contributed by atoms with Crippen LogP contribution in [0.5, 0.6) is 5.75 Å². The van der Waals surface area contributed by atoms with E-state index in [4.69, 9.17) is 9.57 Å². The van der Waals surface area contributed by atoms with Gasteiger partial charge in [0.15, 0.2) is 0 Å². The van der Waals surface area contributed by atoms with Gasteiger partial charge < -0.3 is 14.9 Å². The van der Waals surface area contributed by atoms with Crippen LogP contribution in [0.2, 0.25) is 0 Å². The molecule has 0 saturated carbocycles. The lowest BCUT2D eigenvalue weighted by Gasteiger charge is -2.18. The summed E-state index contributed by atoms with van der Waals surface area (Å²) in [7, 11) is 1.63. The highest BCUT2D eigenvalue weighted by Crippen LogP contribution is 2.22. The number of nitrogens with one attached hydrogen (secondary N) is 1. The molecule has 1 aliphatic rings. The number of ether oxygens (including phenoxy) is 1. The number of methoxy groups -OCH3 is 1. The summed E-state index contributed by atoms with van der Waals surface area (Å²) in [4.78, 5) is 17.9. The fourth-order valence-electron chi connectivity index (χ4n) is 3.17. The summed E-state index contributed by atoms with van der Waals surface area (Å²) < 4.78 is 5.16. The molecule has 5 heteroatoms. The Morgan fingerprint density at radius 1 is 1.23 bits per heavy atom. The van der Waals surface area contributed by atoms with E-state index in [0.29, 0.717) is 6.42 Å². The Morgan fingerprint density at radius 2 is 1.96 bits per heavy atom. The molecule has 2 aromatic carbocycles. The second-order valence-corrected chi connectivity index (χ2v) is 6.65. The minimum absolute atomic E-state index is 0.0864. The largest absolute Gasteiger partial charge is 0.497 e. The predicted molar refractivity (Wildman–Crippen MR) is 101 cm³/mol. The molecule has 0 bridgehead atoms. The fraction of sp³-hybridized carbons (Fsp3) is 0.333. The molecule has 0 spiro atoms. The van der Waals surface area contributed by atoms with E-state index in [1.165, 1.54) is 11.1 Å². The molecule has 0 radical (unpaired) electrons. The molecule has 3 rings (SSSR count). The van der Waals surface area contributed by atoms with Crippen LogP contribution in [0.4, 0.5) is 0 Å². The third-order valence-electron chi connectivity index (χ3n) is 4.64. The maximum atomic E-state index is 12.6. The number of nitrogens with zero attached hydrogens (tertiary/aromatic N) is 1. The Balaban J connectivity index is 1.61. The van der Waals surface area contributed by atoms with Crippen molar-refractivity contribution in [2.45, 2.75) is 39.3 Å². The number of carbonyl (C=O) groups excluding carboxylic acids is 1. The number of carbonyl (C=O) groups is 1. The van der Waals surface area contributed by atoms with E-state index in [0.717, 1.165) is 22.6 Å². The first-order valence-electron chi connectivity index (χ1n) is 8.72. The van der Waals surface area contributed by atoms with Gasteiger partial charge in [0.05, 0.1) is 18.9 Å². The van der Waals surface area contributed by atoms with Crippen LogP contribution < -0.4 is 10.1 Å².